The van der Waals surface area contributed by atoms with E-state index in [1.807, 2.05) is 0 Å². The van der Waals surface area contributed by atoms with Crippen molar-refractivity contribution in [1.82, 2.24) is 0 Å². The molecule has 1 aromatic rings. The van der Waals surface area contributed by atoms with Crippen LogP contribution < -0.4 is 5.73 Å². The van der Waals surface area contributed by atoms with Crippen LogP contribution >= 0.6 is 11.6 Å². The van der Waals surface area contributed by atoms with Crippen molar-refractivity contribution in [1.29, 1.82) is 0 Å². The lowest BCUT2D eigenvalue weighted by Crippen LogP contribution is -2.09. The number of halogens is 1. The molecule has 0 spiro atoms. The summed E-state index contributed by atoms with van der Waals surface area (Å²) in [7, 11) is 0. The Labute approximate surface area is 102 Å². The molecule has 0 unspecified atom stereocenters. The van der Waals surface area contributed by atoms with E-state index in [0.717, 1.165) is 12.8 Å². The second-order valence-electron chi connectivity index (χ2n) is 4.04. The smallest absolute Gasteiger partial charge is 0.165 e. The van der Waals surface area contributed by atoms with E-state index < -0.39 is 0 Å². The third-order valence-corrected chi connectivity index (χ3v) is 3.18. The molecule has 2 N–H and O–H groups in total. The molecule has 16 heavy (non-hydrogen) atoms. The lowest BCUT2D eigenvalue weighted by Gasteiger charge is -2.12. The fraction of sp³-hybridized carbons (Fsp3) is 0.462. The van der Waals surface area contributed by atoms with Crippen LogP contribution in [0.2, 0.25) is 5.02 Å². The summed E-state index contributed by atoms with van der Waals surface area (Å²) in [6.07, 6.45) is 2.62. The molecule has 88 valence electrons. The molecule has 0 bridgehead atoms. The summed E-state index contributed by atoms with van der Waals surface area (Å²) in [5, 5.41) is 0.566. The molecule has 0 atom stereocenters. The van der Waals surface area contributed by atoms with Crippen LogP contribution in [0.15, 0.2) is 18.2 Å². The Morgan fingerprint density at radius 3 is 2.50 bits per heavy atom. The number of nitrogens with two attached hydrogens (primary N) is 1. The molecule has 0 aliphatic rings. The Morgan fingerprint density at radius 1 is 1.38 bits per heavy atom. The number of carbonyl (C=O) groups excluding carboxylic acids is 1. The molecule has 0 heterocycles. The standard InChI is InChI=1S/C13H18ClNO/c1-3-9(4-2)7-13(16)11-6-5-10(14)8-12(11)15/h5-6,8-9H,3-4,7,15H2,1-2H3. The third-order valence-electron chi connectivity index (χ3n) is 2.94. The molecule has 0 saturated carbocycles. The highest BCUT2D eigenvalue weighted by Gasteiger charge is 2.14. The van der Waals surface area contributed by atoms with Gasteiger partial charge in [0.1, 0.15) is 0 Å². The first-order valence-electron chi connectivity index (χ1n) is 5.66. The van der Waals surface area contributed by atoms with Crippen LogP contribution in [0, 0.1) is 5.92 Å². The van der Waals surface area contributed by atoms with E-state index in [9.17, 15) is 4.79 Å². The molecule has 0 aromatic heterocycles. The van der Waals surface area contributed by atoms with Gasteiger partial charge in [-0.3, -0.25) is 4.79 Å². The quantitative estimate of drug-likeness (QED) is 0.625. The van der Waals surface area contributed by atoms with Gasteiger partial charge in [0.15, 0.2) is 5.78 Å². The Morgan fingerprint density at radius 2 is 2.00 bits per heavy atom. The highest BCUT2D eigenvalue weighted by atomic mass is 35.5. The van der Waals surface area contributed by atoms with Crippen LogP contribution in [0.25, 0.3) is 0 Å². The average Bonchev–Trinajstić information content (AvgIpc) is 2.25. The van der Waals surface area contributed by atoms with E-state index in [0.29, 0.717) is 28.6 Å². The number of hydrogen-bond acceptors (Lipinski definition) is 2. The summed E-state index contributed by atoms with van der Waals surface area (Å²) in [5.41, 5.74) is 6.84. The van der Waals surface area contributed by atoms with Crippen LogP contribution in [0.5, 0.6) is 0 Å². The molecule has 0 aliphatic heterocycles. The largest absolute Gasteiger partial charge is 0.398 e. The Bertz CT molecular complexity index is 372. The highest BCUT2D eigenvalue weighted by Crippen LogP contribution is 2.22. The van der Waals surface area contributed by atoms with E-state index in [-0.39, 0.29) is 5.78 Å². The van der Waals surface area contributed by atoms with Crippen molar-refractivity contribution in [2.24, 2.45) is 5.92 Å². The minimum Gasteiger partial charge on any atom is -0.398 e. The molecule has 1 rings (SSSR count). The van der Waals surface area contributed by atoms with Crippen molar-refractivity contribution < 1.29 is 4.79 Å². The first-order chi connectivity index (χ1) is 7.58. The summed E-state index contributed by atoms with van der Waals surface area (Å²) in [5.74, 6) is 0.561. The number of carbonyl (C=O) groups is 1. The normalized spacial score (nSPS) is 10.8. The number of Topliss-reactive ketones (excluding diaryl/α,β-unsaturated/α-hetero) is 1. The second kappa shape index (κ2) is 5.90. The van der Waals surface area contributed by atoms with Gasteiger partial charge in [-0.25, -0.2) is 0 Å². The predicted molar refractivity (Wildman–Crippen MR) is 68.9 cm³/mol. The summed E-state index contributed by atoms with van der Waals surface area (Å²) < 4.78 is 0. The van der Waals surface area contributed by atoms with Crippen molar-refractivity contribution in [3.05, 3.63) is 28.8 Å². The summed E-state index contributed by atoms with van der Waals surface area (Å²) in [4.78, 5) is 12.0. The second-order valence-corrected chi connectivity index (χ2v) is 4.48. The van der Waals surface area contributed by atoms with Gasteiger partial charge in [0.25, 0.3) is 0 Å². The van der Waals surface area contributed by atoms with Gasteiger partial charge >= 0.3 is 0 Å². The van der Waals surface area contributed by atoms with Crippen LogP contribution in [-0.2, 0) is 0 Å². The van der Waals surface area contributed by atoms with Gasteiger partial charge in [-0.2, -0.15) is 0 Å². The van der Waals surface area contributed by atoms with Gasteiger partial charge in [-0.15, -0.1) is 0 Å². The first-order valence-corrected chi connectivity index (χ1v) is 6.04. The average molecular weight is 240 g/mol. The van der Waals surface area contributed by atoms with Crippen molar-refractivity contribution in [3.8, 4) is 0 Å². The number of hydrogen-bond donors (Lipinski definition) is 1. The summed E-state index contributed by atoms with van der Waals surface area (Å²) in [6.45, 7) is 4.21. The van der Waals surface area contributed by atoms with E-state index in [1.165, 1.54) is 0 Å². The number of nitrogen functional groups attached to an aromatic ring is 1. The maximum Gasteiger partial charge on any atom is 0.165 e. The van der Waals surface area contributed by atoms with E-state index >= 15 is 0 Å². The molecule has 3 heteroatoms. The number of rotatable bonds is 5. The van der Waals surface area contributed by atoms with Crippen molar-refractivity contribution >= 4 is 23.1 Å². The predicted octanol–water partition coefficient (Wildman–Crippen LogP) is 3.93. The Kier molecular flexibility index (Phi) is 4.81. The molecule has 0 saturated heterocycles. The Balaban J connectivity index is 2.80. The lowest BCUT2D eigenvalue weighted by atomic mass is 9.93. The molecule has 0 radical (unpaired) electrons. The maximum absolute atomic E-state index is 12.0. The van der Waals surface area contributed by atoms with E-state index in [2.05, 4.69) is 13.8 Å². The van der Waals surface area contributed by atoms with Gasteiger partial charge < -0.3 is 5.73 Å². The number of anilines is 1. The minimum atomic E-state index is 0.114. The molecule has 0 aliphatic carbocycles. The van der Waals surface area contributed by atoms with Gasteiger partial charge in [-0.05, 0) is 24.1 Å². The van der Waals surface area contributed by atoms with Crippen molar-refractivity contribution in [2.45, 2.75) is 33.1 Å². The molecular formula is C13H18ClNO. The summed E-state index contributed by atoms with van der Waals surface area (Å²) in [6, 6.07) is 5.04. The fourth-order valence-corrected chi connectivity index (χ4v) is 1.92. The van der Waals surface area contributed by atoms with Gasteiger partial charge in [0.05, 0.1) is 0 Å². The maximum atomic E-state index is 12.0. The lowest BCUT2D eigenvalue weighted by molar-refractivity contribution is 0.0959. The zero-order chi connectivity index (χ0) is 12.1. The van der Waals surface area contributed by atoms with E-state index in [1.54, 1.807) is 18.2 Å². The monoisotopic (exact) mass is 239 g/mol. The molecular weight excluding hydrogens is 222 g/mol. The van der Waals surface area contributed by atoms with Gasteiger partial charge in [0, 0.05) is 22.7 Å². The fourth-order valence-electron chi connectivity index (χ4n) is 1.74. The van der Waals surface area contributed by atoms with Crippen molar-refractivity contribution in [3.63, 3.8) is 0 Å². The topological polar surface area (TPSA) is 43.1 Å². The Hall–Kier alpha value is -1.02. The zero-order valence-corrected chi connectivity index (χ0v) is 10.6. The number of ketones is 1. The zero-order valence-electron chi connectivity index (χ0n) is 9.79. The van der Waals surface area contributed by atoms with E-state index in [4.69, 9.17) is 17.3 Å². The van der Waals surface area contributed by atoms with Crippen LogP contribution in [0.1, 0.15) is 43.5 Å². The van der Waals surface area contributed by atoms with Gasteiger partial charge in [0.2, 0.25) is 0 Å². The van der Waals surface area contributed by atoms with Crippen LogP contribution in [-0.4, -0.2) is 5.78 Å². The molecule has 2 nitrogen and oxygen atoms in total. The third kappa shape index (κ3) is 3.24. The highest BCUT2D eigenvalue weighted by molar-refractivity contribution is 6.31. The minimum absolute atomic E-state index is 0.114. The first kappa shape index (κ1) is 13.0. The molecule has 1 aromatic carbocycles. The van der Waals surface area contributed by atoms with Gasteiger partial charge in [-0.1, -0.05) is 38.3 Å². The molecule has 0 amide bonds. The number of benzene rings is 1. The summed E-state index contributed by atoms with van der Waals surface area (Å²) >= 11 is 5.79. The molecule has 0 fully saturated rings. The van der Waals surface area contributed by atoms with Crippen LogP contribution in [0.3, 0.4) is 0 Å². The van der Waals surface area contributed by atoms with Crippen LogP contribution in [0.4, 0.5) is 5.69 Å². The SMILES string of the molecule is CCC(CC)CC(=O)c1ccc(Cl)cc1N. The van der Waals surface area contributed by atoms with Crippen molar-refractivity contribution in [2.75, 3.05) is 5.73 Å².